The summed E-state index contributed by atoms with van der Waals surface area (Å²) in [5.41, 5.74) is 1.43. The number of hydrogen-bond donors (Lipinski definition) is 0. The first-order valence-corrected chi connectivity index (χ1v) is 10.6. The Labute approximate surface area is 154 Å². The summed E-state index contributed by atoms with van der Waals surface area (Å²) in [6.07, 6.45) is 12.4. The lowest BCUT2D eigenvalue weighted by Crippen LogP contribution is -2.34. The normalized spacial score (nSPS) is 14.6. The second-order valence-corrected chi connectivity index (χ2v) is 8.83. The van der Waals surface area contributed by atoms with Crippen molar-refractivity contribution in [2.24, 2.45) is 17.8 Å². The smallest absolute Gasteiger partial charge is 0.00868 e. The van der Waals surface area contributed by atoms with Crippen LogP contribution in [0.25, 0.3) is 0 Å². The topological polar surface area (TPSA) is 3.24 Å². The second kappa shape index (κ2) is 13.9. The maximum absolute atomic E-state index is 4.17. The third kappa shape index (κ3) is 12.1. The van der Waals surface area contributed by atoms with Gasteiger partial charge in [0.1, 0.15) is 0 Å². The first kappa shape index (κ1) is 23.7. The van der Waals surface area contributed by atoms with Crippen molar-refractivity contribution in [2.45, 2.75) is 105 Å². The molecule has 0 spiro atoms. The van der Waals surface area contributed by atoms with Gasteiger partial charge >= 0.3 is 0 Å². The molecule has 0 aliphatic rings. The summed E-state index contributed by atoms with van der Waals surface area (Å²) in [5.74, 6) is 2.29. The van der Waals surface area contributed by atoms with Gasteiger partial charge in [-0.25, -0.2) is 0 Å². The number of rotatable bonds is 15. The average molecular weight is 338 g/mol. The van der Waals surface area contributed by atoms with E-state index in [1.165, 1.54) is 69.9 Å². The molecule has 0 saturated carbocycles. The molecular formula is C23H47N. The van der Waals surface area contributed by atoms with Gasteiger partial charge in [0.2, 0.25) is 0 Å². The average Bonchev–Trinajstić information content (AvgIpc) is 2.53. The molecule has 0 heterocycles. The highest BCUT2D eigenvalue weighted by Crippen LogP contribution is 2.18. The van der Waals surface area contributed by atoms with Crippen LogP contribution in [0.2, 0.25) is 0 Å². The SMILES string of the molecule is C=C(CCCCCCCCC(C)CCN(C)C(C)C(C)C)C(C)C. The molecular weight excluding hydrogens is 290 g/mol. The van der Waals surface area contributed by atoms with Crippen LogP contribution in [0.3, 0.4) is 0 Å². The first-order chi connectivity index (χ1) is 11.3. The van der Waals surface area contributed by atoms with E-state index >= 15 is 0 Å². The molecule has 1 nitrogen and oxygen atoms in total. The predicted octanol–water partition coefficient (Wildman–Crippen LogP) is 7.32. The lowest BCUT2D eigenvalue weighted by Gasteiger charge is -2.28. The molecule has 24 heavy (non-hydrogen) atoms. The number of nitrogens with zero attached hydrogens (tertiary/aromatic N) is 1. The molecule has 2 unspecified atom stereocenters. The summed E-state index contributed by atoms with van der Waals surface area (Å²) < 4.78 is 0. The minimum Gasteiger partial charge on any atom is -0.303 e. The van der Waals surface area contributed by atoms with Gasteiger partial charge in [-0.05, 0) is 57.5 Å². The van der Waals surface area contributed by atoms with Gasteiger partial charge in [0.15, 0.2) is 0 Å². The summed E-state index contributed by atoms with van der Waals surface area (Å²) in [7, 11) is 2.28. The van der Waals surface area contributed by atoms with Crippen molar-refractivity contribution in [1.82, 2.24) is 4.90 Å². The van der Waals surface area contributed by atoms with Crippen LogP contribution in [0.1, 0.15) is 99.3 Å². The van der Waals surface area contributed by atoms with Crippen molar-refractivity contribution < 1.29 is 0 Å². The van der Waals surface area contributed by atoms with Crippen molar-refractivity contribution in [3.05, 3.63) is 12.2 Å². The van der Waals surface area contributed by atoms with Gasteiger partial charge in [0.05, 0.1) is 0 Å². The van der Waals surface area contributed by atoms with E-state index in [2.05, 4.69) is 60.1 Å². The molecule has 0 aromatic rings. The van der Waals surface area contributed by atoms with E-state index < -0.39 is 0 Å². The molecule has 0 aliphatic heterocycles. The van der Waals surface area contributed by atoms with Gasteiger partial charge in [-0.3, -0.25) is 0 Å². The highest BCUT2D eigenvalue weighted by atomic mass is 15.1. The van der Waals surface area contributed by atoms with Crippen molar-refractivity contribution in [1.29, 1.82) is 0 Å². The van der Waals surface area contributed by atoms with Gasteiger partial charge in [0.25, 0.3) is 0 Å². The zero-order valence-corrected chi connectivity index (χ0v) is 18.0. The van der Waals surface area contributed by atoms with E-state index in [0.717, 1.165) is 11.8 Å². The molecule has 1 heteroatoms. The molecule has 0 aromatic carbocycles. The Morgan fingerprint density at radius 3 is 1.88 bits per heavy atom. The quantitative estimate of drug-likeness (QED) is 0.223. The van der Waals surface area contributed by atoms with E-state index in [9.17, 15) is 0 Å². The Balaban J connectivity index is 3.49. The maximum atomic E-state index is 4.17. The summed E-state index contributed by atoms with van der Waals surface area (Å²) in [6, 6.07) is 0.698. The van der Waals surface area contributed by atoms with Crippen molar-refractivity contribution >= 4 is 0 Å². The fraction of sp³-hybridized carbons (Fsp3) is 0.913. The third-order valence-corrected chi connectivity index (χ3v) is 5.90. The summed E-state index contributed by atoms with van der Waals surface area (Å²) >= 11 is 0. The van der Waals surface area contributed by atoms with Crippen molar-refractivity contribution in [3.8, 4) is 0 Å². The molecule has 0 saturated heterocycles. The summed E-state index contributed by atoms with van der Waals surface area (Å²) in [4.78, 5) is 2.53. The lowest BCUT2D eigenvalue weighted by atomic mass is 9.96. The van der Waals surface area contributed by atoms with E-state index in [0.29, 0.717) is 12.0 Å². The zero-order valence-electron chi connectivity index (χ0n) is 18.0. The van der Waals surface area contributed by atoms with E-state index in [4.69, 9.17) is 0 Å². The number of unbranched alkanes of at least 4 members (excludes halogenated alkanes) is 5. The van der Waals surface area contributed by atoms with Crippen LogP contribution < -0.4 is 0 Å². The second-order valence-electron chi connectivity index (χ2n) is 8.83. The Hall–Kier alpha value is -0.300. The van der Waals surface area contributed by atoms with Gasteiger partial charge < -0.3 is 4.90 Å². The van der Waals surface area contributed by atoms with Crippen LogP contribution in [0.5, 0.6) is 0 Å². The van der Waals surface area contributed by atoms with Gasteiger partial charge in [-0.1, -0.05) is 85.3 Å². The fourth-order valence-corrected chi connectivity index (χ4v) is 3.12. The van der Waals surface area contributed by atoms with Crippen LogP contribution in [0.15, 0.2) is 12.2 Å². The third-order valence-electron chi connectivity index (χ3n) is 5.90. The van der Waals surface area contributed by atoms with Crippen LogP contribution in [-0.4, -0.2) is 24.5 Å². The first-order valence-electron chi connectivity index (χ1n) is 10.6. The van der Waals surface area contributed by atoms with E-state index in [1.54, 1.807) is 0 Å². The molecule has 0 fully saturated rings. The standard InChI is InChI=1S/C23H47N/c1-19(2)22(6)16-14-12-10-9-11-13-15-21(5)17-18-24(8)23(7)20(3)4/h19-21,23H,6,9-18H2,1-5,7-8H3. The van der Waals surface area contributed by atoms with Crippen LogP contribution in [-0.2, 0) is 0 Å². The van der Waals surface area contributed by atoms with Gasteiger partial charge in [-0.15, -0.1) is 0 Å². The highest BCUT2D eigenvalue weighted by molar-refractivity contribution is 4.96. The van der Waals surface area contributed by atoms with Gasteiger partial charge in [-0.2, -0.15) is 0 Å². The summed E-state index contributed by atoms with van der Waals surface area (Å²) in [5, 5.41) is 0. The minimum atomic E-state index is 0.661. The van der Waals surface area contributed by atoms with Crippen LogP contribution in [0.4, 0.5) is 0 Å². The fourth-order valence-electron chi connectivity index (χ4n) is 3.12. The lowest BCUT2D eigenvalue weighted by molar-refractivity contribution is 0.194. The molecule has 2 atom stereocenters. The number of hydrogen-bond acceptors (Lipinski definition) is 1. The largest absolute Gasteiger partial charge is 0.303 e. The Morgan fingerprint density at radius 1 is 0.792 bits per heavy atom. The molecule has 0 aliphatic carbocycles. The Kier molecular flexibility index (Phi) is 13.8. The zero-order chi connectivity index (χ0) is 18.5. The molecule has 144 valence electrons. The van der Waals surface area contributed by atoms with Crippen LogP contribution in [0, 0.1) is 17.8 Å². The van der Waals surface area contributed by atoms with E-state index in [1.807, 2.05) is 0 Å². The molecule has 0 N–H and O–H groups in total. The predicted molar refractivity (Wildman–Crippen MR) is 112 cm³/mol. The molecule has 0 amide bonds. The maximum Gasteiger partial charge on any atom is 0.00868 e. The Morgan fingerprint density at radius 2 is 1.33 bits per heavy atom. The number of allylic oxidation sites excluding steroid dienone is 1. The van der Waals surface area contributed by atoms with E-state index in [-0.39, 0.29) is 0 Å². The molecule has 0 aromatic heterocycles. The molecule has 0 rings (SSSR count). The van der Waals surface area contributed by atoms with Crippen molar-refractivity contribution in [2.75, 3.05) is 13.6 Å². The monoisotopic (exact) mass is 337 g/mol. The van der Waals surface area contributed by atoms with Crippen LogP contribution >= 0.6 is 0 Å². The van der Waals surface area contributed by atoms with Gasteiger partial charge in [0, 0.05) is 6.04 Å². The highest BCUT2D eigenvalue weighted by Gasteiger charge is 2.13. The summed E-state index contributed by atoms with van der Waals surface area (Å²) in [6.45, 7) is 19.4. The molecule has 0 radical (unpaired) electrons. The van der Waals surface area contributed by atoms with Crippen molar-refractivity contribution in [3.63, 3.8) is 0 Å². The minimum absolute atomic E-state index is 0.661. The Bertz CT molecular complexity index is 305. The molecule has 0 bridgehead atoms.